The molecule has 2 aliphatic rings. The molecule has 0 saturated carbocycles. The van der Waals surface area contributed by atoms with Crippen LogP contribution in [0.25, 0.3) is 0 Å². The number of nitrogens with zero attached hydrogens (tertiary/aromatic N) is 3. The van der Waals surface area contributed by atoms with Gasteiger partial charge in [0.1, 0.15) is 6.61 Å². The number of hydrogen-bond donors (Lipinski definition) is 2. The van der Waals surface area contributed by atoms with Crippen LogP contribution in [0.15, 0.2) is 59.5 Å². The summed E-state index contributed by atoms with van der Waals surface area (Å²) < 4.78 is 33.0. The molecule has 194 valence electrons. The number of benzene rings is 2. The van der Waals surface area contributed by atoms with E-state index in [9.17, 15) is 18.0 Å². The monoisotopic (exact) mass is 516 g/mol. The second kappa shape index (κ2) is 11.8. The molecule has 0 spiro atoms. The van der Waals surface area contributed by atoms with Crippen LogP contribution < -0.4 is 10.2 Å². The van der Waals surface area contributed by atoms with Gasteiger partial charge in [-0.2, -0.15) is 4.31 Å². The van der Waals surface area contributed by atoms with Crippen molar-refractivity contribution in [1.29, 1.82) is 0 Å². The lowest BCUT2D eigenvalue weighted by atomic mass is 10.2. The second-order valence-electron chi connectivity index (χ2n) is 8.86. The molecule has 0 aliphatic carbocycles. The van der Waals surface area contributed by atoms with Crippen molar-refractivity contribution >= 4 is 27.7 Å². The molecular weight excluding hydrogens is 484 g/mol. The molecule has 2 aliphatic heterocycles. The predicted molar refractivity (Wildman–Crippen MR) is 134 cm³/mol. The first-order chi connectivity index (χ1) is 17.4. The lowest BCUT2D eigenvalue weighted by Crippen LogP contribution is -2.50. The molecule has 1 unspecified atom stereocenters. The van der Waals surface area contributed by atoms with Crippen molar-refractivity contribution in [3.05, 3.63) is 60.2 Å². The molecule has 2 saturated heterocycles. The first kappa shape index (κ1) is 26.1. The van der Waals surface area contributed by atoms with E-state index in [1.807, 2.05) is 30.3 Å². The van der Waals surface area contributed by atoms with Gasteiger partial charge in [0, 0.05) is 57.5 Å². The molecular formula is C25H32N4O6S. The van der Waals surface area contributed by atoms with Crippen molar-refractivity contribution in [2.75, 3.05) is 50.8 Å². The third-order valence-corrected chi connectivity index (χ3v) is 8.29. The van der Waals surface area contributed by atoms with Gasteiger partial charge in [-0.25, -0.2) is 13.2 Å². The number of aliphatic hydroxyl groups excluding tert-OH is 1. The average molecular weight is 517 g/mol. The molecule has 2 fully saturated rings. The van der Waals surface area contributed by atoms with E-state index in [1.165, 1.54) is 21.3 Å². The van der Waals surface area contributed by atoms with Crippen LogP contribution in [-0.2, 0) is 26.2 Å². The Morgan fingerprint density at radius 2 is 1.72 bits per heavy atom. The van der Waals surface area contributed by atoms with Crippen LogP contribution in [0.3, 0.4) is 0 Å². The quantitative estimate of drug-likeness (QED) is 0.484. The van der Waals surface area contributed by atoms with Crippen molar-refractivity contribution < 1.29 is 27.9 Å². The number of piperazine rings is 1. The maximum Gasteiger partial charge on any atom is 0.410 e. The van der Waals surface area contributed by atoms with E-state index >= 15 is 0 Å². The summed E-state index contributed by atoms with van der Waals surface area (Å²) in [5, 5.41) is 12.2. The average Bonchev–Trinajstić information content (AvgIpc) is 3.28. The van der Waals surface area contributed by atoms with E-state index in [0.29, 0.717) is 31.6 Å². The summed E-state index contributed by atoms with van der Waals surface area (Å²) in [6.45, 7) is 2.25. The van der Waals surface area contributed by atoms with Gasteiger partial charge in [0.2, 0.25) is 15.9 Å². The minimum atomic E-state index is -3.73. The Morgan fingerprint density at radius 3 is 2.39 bits per heavy atom. The van der Waals surface area contributed by atoms with Gasteiger partial charge in [-0.15, -0.1) is 0 Å². The molecule has 10 nitrogen and oxygen atoms in total. The maximum absolute atomic E-state index is 13.2. The van der Waals surface area contributed by atoms with Gasteiger partial charge in [-0.05, 0) is 42.8 Å². The third-order valence-electron chi connectivity index (χ3n) is 6.38. The molecule has 11 heteroatoms. The summed E-state index contributed by atoms with van der Waals surface area (Å²) in [5.74, 6) is -0.0256. The summed E-state index contributed by atoms with van der Waals surface area (Å²) in [5.41, 5.74) is 1.54. The Labute approximate surface area is 211 Å². The van der Waals surface area contributed by atoms with Crippen LogP contribution >= 0.6 is 0 Å². The zero-order valence-electron chi connectivity index (χ0n) is 20.1. The molecule has 36 heavy (non-hydrogen) atoms. The second-order valence-corrected chi connectivity index (χ2v) is 10.8. The molecule has 2 amide bonds. The number of amides is 2. The van der Waals surface area contributed by atoms with Crippen LogP contribution in [0, 0.1) is 0 Å². The van der Waals surface area contributed by atoms with Crippen molar-refractivity contribution in [2.45, 2.75) is 30.4 Å². The van der Waals surface area contributed by atoms with E-state index in [-0.39, 0.29) is 56.2 Å². The molecule has 1 atom stereocenters. The van der Waals surface area contributed by atoms with E-state index in [4.69, 9.17) is 9.84 Å². The fourth-order valence-corrected chi connectivity index (χ4v) is 5.77. The van der Waals surface area contributed by atoms with Crippen molar-refractivity contribution in [3.8, 4) is 0 Å². The first-order valence-electron chi connectivity index (χ1n) is 12.1. The number of aliphatic hydroxyl groups is 1. The van der Waals surface area contributed by atoms with Crippen LogP contribution in [-0.4, -0.2) is 86.6 Å². The lowest BCUT2D eigenvalue weighted by molar-refractivity contribution is -0.117. The summed E-state index contributed by atoms with van der Waals surface area (Å²) in [7, 11) is -3.73. The zero-order chi connectivity index (χ0) is 25.5. The highest BCUT2D eigenvalue weighted by Gasteiger charge is 2.32. The van der Waals surface area contributed by atoms with Gasteiger partial charge in [0.25, 0.3) is 0 Å². The van der Waals surface area contributed by atoms with Gasteiger partial charge in [-0.3, -0.25) is 4.79 Å². The molecule has 0 radical (unpaired) electrons. The van der Waals surface area contributed by atoms with Crippen molar-refractivity contribution in [2.24, 2.45) is 0 Å². The minimum Gasteiger partial charge on any atom is -0.445 e. The summed E-state index contributed by atoms with van der Waals surface area (Å²) in [6, 6.07) is 15.7. The summed E-state index contributed by atoms with van der Waals surface area (Å²) in [6.07, 6.45) is 0.531. The Kier molecular flexibility index (Phi) is 8.57. The SMILES string of the molecule is O=C(OCc1ccccc1)N1CCN(S(=O)(=O)c2ccc(N3CC(NCCCO)CC3=O)cc2)CC1. The number of rotatable bonds is 9. The Morgan fingerprint density at radius 1 is 1.03 bits per heavy atom. The van der Waals surface area contributed by atoms with Gasteiger partial charge in [0.05, 0.1) is 4.90 Å². The van der Waals surface area contributed by atoms with Crippen LogP contribution in [0.1, 0.15) is 18.4 Å². The number of nitrogens with one attached hydrogen (secondary N) is 1. The highest BCUT2D eigenvalue weighted by molar-refractivity contribution is 7.89. The Hall–Kier alpha value is -2.99. The highest BCUT2D eigenvalue weighted by atomic mass is 32.2. The van der Waals surface area contributed by atoms with E-state index in [2.05, 4.69) is 5.32 Å². The molecule has 2 N–H and O–H groups in total. The number of carbonyl (C=O) groups is 2. The number of ether oxygens (including phenoxy) is 1. The molecule has 2 heterocycles. The lowest BCUT2D eigenvalue weighted by Gasteiger charge is -2.33. The van der Waals surface area contributed by atoms with Gasteiger partial charge >= 0.3 is 6.09 Å². The topological polar surface area (TPSA) is 119 Å². The maximum atomic E-state index is 13.2. The van der Waals surface area contributed by atoms with E-state index in [0.717, 1.165) is 5.56 Å². The molecule has 2 aromatic rings. The Bertz CT molecular complexity index is 1130. The normalized spacial score (nSPS) is 19.0. The number of carbonyl (C=O) groups excluding carboxylic acids is 2. The number of hydrogen-bond acceptors (Lipinski definition) is 7. The van der Waals surface area contributed by atoms with E-state index < -0.39 is 16.1 Å². The van der Waals surface area contributed by atoms with Crippen LogP contribution in [0.2, 0.25) is 0 Å². The first-order valence-corrected chi connectivity index (χ1v) is 13.5. The minimum absolute atomic E-state index is 0.00291. The van der Waals surface area contributed by atoms with Crippen LogP contribution in [0.5, 0.6) is 0 Å². The molecule has 4 rings (SSSR count). The van der Waals surface area contributed by atoms with Gasteiger partial charge in [0.15, 0.2) is 0 Å². The van der Waals surface area contributed by atoms with Crippen molar-refractivity contribution in [3.63, 3.8) is 0 Å². The zero-order valence-corrected chi connectivity index (χ0v) is 20.9. The third kappa shape index (κ3) is 6.22. The molecule has 0 aromatic heterocycles. The van der Waals surface area contributed by atoms with Gasteiger partial charge < -0.3 is 25.0 Å². The predicted octanol–water partition coefficient (Wildman–Crippen LogP) is 1.41. The standard InChI is InChI=1S/C25H32N4O6S/c30-16-4-11-26-21-17-24(31)29(18-21)22-7-9-23(10-8-22)36(33,34)28-14-12-27(13-15-28)25(32)35-19-20-5-2-1-3-6-20/h1-3,5-10,21,26,30H,4,11-19H2. The largest absolute Gasteiger partial charge is 0.445 e. The number of sulfonamides is 1. The Balaban J connectivity index is 1.30. The smallest absolute Gasteiger partial charge is 0.410 e. The summed E-state index contributed by atoms with van der Waals surface area (Å²) >= 11 is 0. The number of anilines is 1. The van der Waals surface area contributed by atoms with Crippen LogP contribution in [0.4, 0.5) is 10.5 Å². The van der Waals surface area contributed by atoms with Crippen molar-refractivity contribution in [1.82, 2.24) is 14.5 Å². The molecule has 2 aromatic carbocycles. The van der Waals surface area contributed by atoms with E-state index in [1.54, 1.807) is 17.0 Å². The van der Waals surface area contributed by atoms with Gasteiger partial charge in [-0.1, -0.05) is 30.3 Å². The fraction of sp³-hybridized carbons (Fsp3) is 0.440. The molecule has 0 bridgehead atoms. The summed E-state index contributed by atoms with van der Waals surface area (Å²) in [4.78, 5) is 28.1. The fourth-order valence-electron chi connectivity index (χ4n) is 4.35. The highest BCUT2D eigenvalue weighted by Crippen LogP contribution is 2.25.